The predicted molar refractivity (Wildman–Crippen MR) is 82.4 cm³/mol. The summed E-state index contributed by atoms with van der Waals surface area (Å²) in [6.07, 6.45) is -4.93. The van der Waals surface area contributed by atoms with Gasteiger partial charge in [-0.1, -0.05) is 29.0 Å². The van der Waals surface area contributed by atoms with Crippen LogP contribution in [-0.2, 0) is 10.9 Å². The van der Waals surface area contributed by atoms with E-state index in [4.69, 9.17) is 11.6 Å². The topological polar surface area (TPSA) is 68.3 Å². The highest BCUT2D eigenvalue weighted by molar-refractivity contribution is 7.17. The van der Waals surface area contributed by atoms with E-state index in [1.165, 1.54) is 19.1 Å². The molecule has 134 valence electrons. The molecule has 0 radical (unpaired) electrons. The fourth-order valence-corrected chi connectivity index (χ4v) is 2.90. The monoisotopic (exact) mass is 396 g/mol. The normalized spacial score (nSPS) is 11.3. The van der Waals surface area contributed by atoms with E-state index in [1.807, 2.05) is 5.32 Å². The van der Waals surface area contributed by atoms with Crippen molar-refractivity contribution in [1.82, 2.24) is 4.98 Å². The van der Waals surface area contributed by atoms with Gasteiger partial charge in [-0.05, 0) is 19.1 Å². The smallest absolute Gasteiger partial charge is 0.435 e. The summed E-state index contributed by atoms with van der Waals surface area (Å²) in [4.78, 5) is 26.1. The molecule has 0 aliphatic heterocycles. The number of alkyl halides is 3. The molecule has 0 saturated carbocycles. The molecule has 0 saturated heterocycles. The Kier molecular flexibility index (Phi) is 5.63. The third-order valence-electron chi connectivity index (χ3n) is 2.77. The Hall–Kier alpha value is -2.20. The average molecular weight is 397 g/mol. The van der Waals surface area contributed by atoms with E-state index in [0.717, 1.165) is 6.07 Å². The van der Waals surface area contributed by atoms with E-state index in [-0.39, 0.29) is 23.0 Å². The van der Waals surface area contributed by atoms with Gasteiger partial charge in [0.2, 0.25) is 0 Å². The van der Waals surface area contributed by atoms with Crippen LogP contribution in [0.4, 0.5) is 22.7 Å². The van der Waals surface area contributed by atoms with Crippen molar-refractivity contribution in [2.75, 3.05) is 11.9 Å². The zero-order chi connectivity index (χ0) is 18.8. The SMILES string of the molecule is CCOC(=O)c1sc(NC(=O)c2c(F)cccc2Cl)nc1C(F)(F)F. The van der Waals surface area contributed by atoms with Crippen LogP contribution in [0.25, 0.3) is 0 Å². The molecule has 1 heterocycles. The Balaban J connectivity index is 2.37. The number of nitrogens with one attached hydrogen (secondary N) is 1. The number of carbonyl (C=O) groups excluding carboxylic acids is 2. The molecule has 1 aromatic heterocycles. The van der Waals surface area contributed by atoms with Crippen LogP contribution in [0.5, 0.6) is 0 Å². The first-order chi connectivity index (χ1) is 11.6. The summed E-state index contributed by atoms with van der Waals surface area (Å²) < 4.78 is 57.2. The first-order valence-electron chi connectivity index (χ1n) is 6.65. The summed E-state index contributed by atoms with van der Waals surface area (Å²) in [5.41, 5.74) is -2.04. The lowest BCUT2D eigenvalue weighted by Crippen LogP contribution is -2.15. The number of anilines is 1. The molecule has 0 fully saturated rings. The molecular formula is C14H9ClF4N2O3S. The number of hydrogen-bond donors (Lipinski definition) is 1. The van der Waals surface area contributed by atoms with Gasteiger partial charge in [-0.25, -0.2) is 14.2 Å². The first kappa shape index (κ1) is 19.1. The molecular weight excluding hydrogens is 388 g/mol. The number of aromatic nitrogens is 1. The molecule has 0 aliphatic rings. The van der Waals surface area contributed by atoms with Crippen molar-refractivity contribution in [2.24, 2.45) is 0 Å². The molecule has 0 aliphatic carbocycles. The van der Waals surface area contributed by atoms with Gasteiger partial charge in [0.1, 0.15) is 10.7 Å². The second kappa shape index (κ2) is 7.36. The average Bonchev–Trinajstić information content (AvgIpc) is 2.91. The third-order valence-corrected chi connectivity index (χ3v) is 4.03. The molecule has 0 unspecified atom stereocenters. The molecule has 1 N–H and O–H groups in total. The van der Waals surface area contributed by atoms with Crippen molar-refractivity contribution in [3.8, 4) is 0 Å². The van der Waals surface area contributed by atoms with Crippen molar-refractivity contribution in [3.63, 3.8) is 0 Å². The van der Waals surface area contributed by atoms with Crippen molar-refractivity contribution in [1.29, 1.82) is 0 Å². The number of nitrogens with zero attached hydrogens (tertiary/aromatic N) is 1. The zero-order valence-corrected chi connectivity index (χ0v) is 14.0. The molecule has 0 spiro atoms. The summed E-state index contributed by atoms with van der Waals surface area (Å²) in [5, 5.41) is 1.24. The van der Waals surface area contributed by atoms with Gasteiger partial charge in [0, 0.05) is 0 Å². The maximum atomic E-state index is 13.7. The number of amides is 1. The molecule has 0 atom stereocenters. The van der Waals surface area contributed by atoms with Crippen LogP contribution in [0.3, 0.4) is 0 Å². The van der Waals surface area contributed by atoms with E-state index in [0.29, 0.717) is 0 Å². The standard InChI is InChI=1S/C14H9ClF4N2O3S/c1-2-24-12(23)9-10(14(17,18)19)20-13(25-9)21-11(22)8-6(15)4-3-5-7(8)16/h3-5H,2H2,1H3,(H,20,21,22). The van der Waals surface area contributed by atoms with Gasteiger partial charge in [0.05, 0.1) is 17.2 Å². The molecule has 25 heavy (non-hydrogen) atoms. The number of halogens is 5. The molecule has 1 aromatic carbocycles. The second-order valence-corrected chi connectivity index (χ2v) is 5.87. The van der Waals surface area contributed by atoms with Crippen LogP contribution in [0, 0.1) is 5.82 Å². The lowest BCUT2D eigenvalue weighted by atomic mass is 10.2. The van der Waals surface area contributed by atoms with Crippen LogP contribution >= 0.6 is 22.9 Å². The largest absolute Gasteiger partial charge is 0.462 e. The molecule has 2 rings (SSSR count). The fraction of sp³-hybridized carbons (Fsp3) is 0.214. The van der Waals surface area contributed by atoms with Gasteiger partial charge in [0.25, 0.3) is 5.91 Å². The molecule has 0 bridgehead atoms. The molecule has 2 aromatic rings. The zero-order valence-electron chi connectivity index (χ0n) is 12.4. The van der Waals surface area contributed by atoms with Crippen molar-refractivity contribution >= 4 is 39.9 Å². The first-order valence-corrected chi connectivity index (χ1v) is 7.85. The van der Waals surface area contributed by atoms with Gasteiger partial charge in [-0.2, -0.15) is 13.2 Å². The second-order valence-electron chi connectivity index (χ2n) is 4.47. The van der Waals surface area contributed by atoms with Crippen molar-refractivity contribution in [3.05, 3.63) is 45.2 Å². The van der Waals surface area contributed by atoms with E-state index >= 15 is 0 Å². The van der Waals surface area contributed by atoms with Crippen LogP contribution in [0.15, 0.2) is 18.2 Å². The minimum absolute atomic E-state index is 0.138. The number of hydrogen-bond acceptors (Lipinski definition) is 5. The summed E-state index contributed by atoms with van der Waals surface area (Å²) in [6, 6.07) is 3.47. The van der Waals surface area contributed by atoms with Gasteiger partial charge in [-0.15, -0.1) is 0 Å². The fourth-order valence-electron chi connectivity index (χ4n) is 1.78. The van der Waals surface area contributed by atoms with Gasteiger partial charge in [0.15, 0.2) is 10.8 Å². The van der Waals surface area contributed by atoms with E-state index in [9.17, 15) is 27.2 Å². The Bertz CT molecular complexity index is 803. The van der Waals surface area contributed by atoms with Gasteiger partial charge < -0.3 is 4.74 Å². The maximum Gasteiger partial charge on any atom is 0.435 e. The number of rotatable bonds is 4. The van der Waals surface area contributed by atoms with Crippen LogP contribution in [0.2, 0.25) is 5.02 Å². The number of thiazole rings is 1. The minimum Gasteiger partial charge on any atom is -0.462 e. The number of carbonyl (C=O) groups is 2. The molecule has 1 amide bonds. The van der Waals surface area contributed by atoms with Crippen molar-refractivity contribution < 1.29 is 31.9 Å². The summed E-state index contributed by atoms with van der Waals surface area (Å²) in [6.45, 7) is 1.29. The van der Waals surface area contributed by atoms with Gasteiger partial charge in [-0.3, -0.25) is 10.1 Å². The van der Waals surface area contributed by atoms with Gasteiger partial charge >= 0.3 is 12.1 Å². The van der Waals surface area contributed by atoms with E-state index < -0.39 is 45.1 Å². The Labute approximate surface area is 147 Å². The lowest BCUT2D eigenvalue weighted by molar-refractivity contribution is -0.141. The Morgan fingerprint density at radius 2 is 2.04 bits per heavy atom. The molecule has 11 heteroatoms. The number of benzene rings is 1. The third kappa shape index (κ3) is 4.26. The minimum atomic E-state index is -4.93. The Morgan fingerprint density at radius 3 is 2.60 bits per heavy atom. The summed E-state index contributed by atoms with van der Waals surface area (Å²) in [7, 11) is 0. The summed E-state index contributed by atoms with van der Waals surface area (Å²) in [5.74, 6) is -3.28. The quantitative estimate of drug-likeness (QED) is 0.615. The number of ether oxygens (including phenoxy) is 1. The maximum absolute atomic E-state index is 13.7. The highest BCUT2D eigenvalue weighted by Gasteiger charge is 2.40. The highest BCUT2D eigenvalue weighted by atomic mass is 35.5. The van der Waals surface area contributed by atoms with Crippen molar-refractivity contribution in [2.45, 2.75) is 13.1 Å². The lowest BCUT2D eigenvalue weighted by Gasteiger charge is -2.05. The summed E-state index contributed by atoms with van der Waals surface area (Å²) >= 11 is 5.99. The van der Waals surface area contributed by atoms with Crippen LogP contribution in [0.1, 0.15) is 32.6 Å². The van der Waals surface area contributed by atoms with E-state index in [1.54, 1.807) is 0 Å². The predicted octanol–water partition coefficient (Wildman–Crippen LogP) is 4.38. The Morgan fingerprint density at radius 1 is 1.36 bits per heavy atom. The number of esters is 1. The van der Waals surface area contributed by atoms with Crippen LogP contribution < -0.4 is 5.32 Å². The molecule has 5 nitrogen and oxygen atoms in total. The van der Waals surface area contributed by atoms with E-state index in [2.05, 4.69) is 9.72 Å². The van der Waals surface area contributed by atoms with Crippen LogP contribution in [-0.4, -0.2) is 23.5 Å². The highest BCUT2D eigenvalue weighted by Crippen LogP contribution is 2.36.